The molecule has 0 aliphatic heterocycles. The number of hydrogen-bond acceptors (Lipinski definition) is 6. The molecule has 0 fully saturated rings. The van der Waals surface area contributed by atoms with Gasteiger partial charge >= 0.3 is 0 Å². The Bertz CT molecular complexity index is 375. The molecule has 0 aliphatic rings. The minimum atomic E-state index is -2.86. The first kappa shape index (κ1) is 11.4. The molecule has 8 heteroatoms. The Kier molecular flexibility index (Phi) is 4.14. The Morgan fingerprint density at radius 3 is 2.69 bits per heavy atom. The molecule has 0 amide bonds. The van der Waals surface area contributed by atoms with Crippen LogP contribution in [-0.2, 0) is 9.84 Å². The Hall–Kier alpha value is 0.340. The highest BCUT2D eigenvalue weighted by Crippen LogP contribution is 2.25. The second kappa shape index (κ2) is 4.72. The normalized spacial score (nSPS) is 11.8. The van der Waals surface area contributed by atoms with Gasteiger partial charge in [-0.2, -0.15) is 0 Å². The molecule has 0 unspecified atom stereocenters. The van der Waals surface area contributed by atoms with Crippen LogP contribution < -0.4 is 0 Å². The molecule has 4 nitrogen and oxygen atoms in total. The van der Waals surface area contributed by atoms with Crippen LogP contribution in [0.3, 0.4) is 0 Å². The number of thioether (sulfide) groups is 1. The number of halogens is 1. The van der Waals surface area contributed by atoms with Crippen molar-refractivity contribution >= 4 is 48.9 Å². The Morgan fingerprint density at radius 1 is 1.54 bits per heavy atom. The van der Waals surface area contributed by atoms with E-state index in [9.17, 15) is 8.42 Å². The third-order valence-electron chi connectivity index (χ3n) is 1.06. The van der Waals surface area contributed by atoms with E-state index in [0.29, 0.717) is 9.67 Å². The molecule has 13 heavy (non-hydrogen) atoms. The van der Waals surface area contributed by atoms with Crippen molar-refractivity contribution < 1.29 is 8.42 Å². The molecule has 0 atom stereocenters. The Labute approximate surface area is 93.2 Å². The second-order valence-corrected chi connectivity index (χ2v) is 8.15. The molecule has 0 aliphatic carbocycles. The van der Waals surface area contributed by atoms with E-state index in [1.54, 1.807) is 0 Å². The van der Waals surface area contributed by atoms with Crippen LogP contribution in [0.15, 0.2) is 8.26 Å². The summed E-state index contributed by atoms with van der Waals surface area (Å²) in [4.78, 5) is 0. The predicted octanol–water partition coefficient (Wildman–Crippen LogP) is 1.44. The average Bonchev–Trinajstić information content (AvgIpc) is 2.33. The Morgan fingerprint density at radius 2 is 2.23 bits per heavy atom. The van der Waals surface area contributed by atoms with Gasteiger partial charge in [0.15, 0.2) is 8.26 Å². The van der Waals surface area contributed by atoms with Gasteiger partial charge in [0.25, 0.3) is 0 Å². The minimum Gasteiger partial charge on any atom is -0.229 e. The highest BCUT2D eigenvalue weighted by atomic mass is 79.9. The molecule has 0 bridgehead atoms. The zero-order chi connectivity index (χ0) is 9.90. The fraction of sp³-hybridized carbons (Fsp3) is 0.600. The molecule has 0 spiro atoms. The SMILES string of the molecule is CS(=O)(=O)CCSc1nnc(Br)s1. The number of hydrogen-bond donors (Lipinski definition) is 0. The maximum atomic E-state index is 10.8. The van der Waals surface area contributed by atoms with E-state index < -0.39 is 9.84 Å². The quantitative estimate of drug-likeness (QED) is 0.788. The fourth-order valence-electron chi connectivity index (χ4n) is 0.532. The van der Waals surface area contributed by atoms with Gasteiger partial charge in [0.2, 0.25) is 0 Å². The molecular formula is C5H7BrN2O2S3. The van der Waals surface area contributed by atoms with Crippen LogP contribution in [-0.4, -0.2) is 36.4 Å². The Balaban J connectivity index is 2.36. The smallest absolute Gasteiger partial charge is 0.184 e. The lowest BCUT2D eigenvalue weighted by molar-refractivity contribution is 0.603. The lowest BCUT2D eigenvalue weighted by Gasteiger charge is -1.94. The molecule has 0 aromatic carbocycles. The third-order valence-corrected chi connectivity index (χ3v) is 4.76. The van der Waals surface area contributed by atoms with Crippen LogP contribution in [0.2, 0.25) is 0 Å². The van der Waals surface area contributed by atoms with Gasteiger partial charge in [0, 0.05) is 12.0 Å². The van der Waals surface area contributed by atoms with Crippen LogP contribution in [0.1, 0.15) is 0 Å². The molecule has 0 saturated carbocycles. The zero-order valence-corrected chi connectivity index (χ0v) is 10.8. The van der Waals surface area contributed by atoms with Crippen molar-refractivity contribution in [1.82, 2.24) is 10.2 Å². The van der Waals surface area contributed by atoms with Gasteiger partial charge in [0.1, 0.15) is 9.84 Å². The van der Waals surface area contributed by atoms with Gasteiger partial charge in [-0.3, -0.25) is 0 Å². The molecule has 0 saturated heterocycles. The molecule has 0 radical (unpaired) electrons. The summed E-state index contributed by atoms with van der Waals surface area (Å²) in [5, 5.41) is 7.57. The van der Waals surface area contributed by atoms with Crippen LogP contribution >= 0.6 is 39.0 Å². The molecule has 1 rings (SSSR count). The van der Waals surface area contributed by atoms with Gasteiger partial charge in [0.05, 0.1) is 5.75 Å². The summed E-state index contributed by atoms with van der Waals surface area (Å²) >= 11 is 5.98. The monoisotopic (exact) mass is 302 g/mol. The molecule has 1 aromatic heterocycles. The van der Waals surface area contributed by atoms with Crippen molar-refractivity contribution in [2.45, 2.75) is 4.34 Å². The first-order chi connectivity index (χ1) is 5.97. The highest BCUT2D eigenvalue weighted by Gasteiger charge is 2.05. The standard InChI is InChI=1S/C5H7BrN2O2S3/c1-13(9,10)3-2-11-5-8-7-4(6)12-5/h2-3H2,1H3. The number of nitrogens with zero attached hydrogens (tertiary/aromatic N) is 2. The summed E-state index contributed by atoms with van der Waals surface area (Å²) in [5.74, 6) is 0.704. The van der Waals surface area contributed by atoms with E-state index in [1.165, 1.54) is 29.4 Å². The van der Waals surface area contributed by atoms with Gasteiger partial charge in [-0.1, -0.05) is 23.1 Å². The molecule has 1 heterocycles. The fourth-order valence-corrected chi connectivity index (χ4v) is 4.24. The van der Waals surface area contributed by atoms with Gasteiger partial charge < -0.3 is 0 Å². The first-order valence-electron chi connectivity index (χ1n) is 3.27. The van der Waals surface area contributed by atoms with Gasteiger partial charge in [-0.15, -0.1) is 10.2 Å². The van der Waals surface area contributed by atoms with Crippen molar-refractivity contribution in [3.05, 3.63) is 3.92 Å². The average molecular weight is 303 g/mol. The summed E-state index contributed by atoms with van der Waals surface area (Å²) in [6.07, 6.45) is 1.23. The van der Waals surface area contributed by atoms with E-state index in [0.717, 1.165) is 4.34 Å². The van der Waals surface area contributed by atoms with Crippen LogP contribution in [0.4, 0.5) is 0 Å². The number of aromatic nitrogens is 2. The van der Waals surface area contributed by atoms with E-state index in [2.05, 4.69) is 26.1 Å². The largest absolute Gasteiger partial charge is 0.229 e. The van der Waals surface area contributed by atoms with Crippen LogP contribution in [0.25, 0.3) is 0 Å². The van der Waals surface area contributed by atoms with Crippen molar-refractivity contribution in [3.63, 3.8) is 0 Å². The molecule has 1 aromatic rings. The van der Waals surface area contributed by atoms with Gasteiger partial charge in [-0.05, 0) is 15.9 Å². The summed E-state index contributed by atoms with van der Waals surface area (Å²) < 4.78 is 23.0. The summed E-state index contributed by atoms with van der Waals surface area (Å²) in [5.41, 5.74) is 0. The van der Waals surface area contributed by atoms with Crippen molar-refractivity contribution in [2.75, 3.05) is 17.8 Å². The maximum Gasteiger partial charge on any atom is 0.184 e. The second-order valence-electron chi connectivity index (χ2n) is 2.30. The van der Waals surface area contributed by atoms with Gasteiger partial charge in [-0.25, -0.2) is 8.42 Å². The maximum absolute atomic E-state index is 10.8. The van der Waals surface area contributed by atoms with E-state index >= 15 is 0 Å². The summed E-state index contributed by atoms with van der Waals surface area (Å²) in [6.45, 7) is 0. The van der Waals surface area contributed by atoms with Crippen molar-refractivity contribution in [1.29, 1.82) is 0 Å². The minimum absolute atomic E-state index is 0.175. The summed E-state index contributed by atoms with van der Waals surface area (Å²) in [7, 11) is -2.86. The van der Waals surface area contributed by atoms with E-state index in [1.807, 2.05) is 0 Å². The van der Waals surface area contributed by atoms with E-state index in [4.69, 9.17) is 0 Å². The van der Waals surface area contributed by atoms with Crippen LogP contribution in [0, 0.1) is 0 Å². The molecule has 74 valence electrons. The number of sulfone groups is 1. The first-order valence-corrected chi connectivity index (χ1v) is 7.92. The van der Waals surface area contributed by atoms with Crippen molar-refractivity contribution in [3.8, 4) is 0 Å². The zero-order valence-electron chi connectivity index (χ0n) is 6.73. The highest BCUT2D eigenvalue weighted by molar-refractivity contribution is 9.11. The lowest BCUT2D eigenvalue weighted by Crippen LogP contribution is -2.04. The summed E-state index contributed by atoms with van der Waals surface area (Å²) in [6, 6.07) is 0. The molecular weight excluding hydrogens is 296 g/mol. The topological polar surface area (TPSA) is 59.9 Å². The predicted molar refractivity (Wildman–Crippen MR) is 58.0 cm³/mol. The van der Waals surface area contributed by atoms with Crippen molar-refractivity contribution in [2.24, 2.45) is 0 Å². The number of rotatable bonds is 4. The third kappa shape index (κ3) is 4.94. The van der Waals surface area contributed by atoms with E-state index in [-0.39, 0.29) is 5.75 Å². The van der Waals surface area contributed by atoms with Crippen LogP contribution in [0.5, 0.6) is 0 Å². The lowest BCUT2D eigenvalue weighted by atomic mass is 11.0. The molecule has 0 N–H and O–H groups in total.